The minimum absolute atomic E-state index is 0.724. The van der Waals surface area contributed by atoms with Crippen LogP contribution in [0.5, 0.6) is 0 Å². The van der Waals surface area contributed by atoms with E-state index in [2.05, 4.69) is 44.0 Å². The second-order valence-corrected chi connectivity index (χ2v) is 5.14. The molecule has 0 radical (unpaired) electrons. The van der Waals surface area contributed by atoms with E-state index < -0.39 is 0 Å². The first-order valence-electron chi connectivity index (χ1n) is 5.21. The molecule has 84 valence electrons. The van der Waals surface area contributed by atoms with Crippen LogP contribution in [0.2, 0.25) is 0 Å². The van der Waals surface area contributed by atoms with Gasteiger partial charge >= 0.3 is 0 Å². The molecule has 15 heavy (non-hydrogen) atoms. The summed E-state index contributed by atoms with van der Waals surface area (Å²) in [5.41, 5.74) is 1.23. The molecule has 0 N–H and O–H groups in total. The van der Waals surface area contributed by atoms with Gasteiger partial charge in [-0.25, -0.2) is 0 Å². The maximum Gasteiger partial charge on any atom is 0.0716 e. The standard InChI is InChI=1S/C12H16Br2O/c13-8-2-1-3-9-15-10-11-4-6-12(14)7-5-11/h4-7H,1-3,8-10H2. The van der Waals surface area contributed by atoms with Gasteiger partial charge in [-0.2, -0.15) is 0 Å². The summed E-state index contributed by atoms with van der Waals surface area (Å²) < 4.78 is 6.69. The predicted octanol–water partition coefficient (Wildman–Crippen LogP) is 4.53. The number of halogens is 2. The Morgan fingerprint density at radius 1 is 1.00 bits per heavy atom. The second-order valence-electron chi connectivity index (χ2n) is 3.43. The molecule has 0 aliphatic rings. The van der Waals surface area contributed by atoms with Crippen LogP contribution in [0.3, 0.4) is 0 Å². The molecule has 0 unspecified atom stereocenters. The lowest BCUT2D eigenvalue weighted by Gasteiger charge is -2.04. The molecule has 0 saturated heterocycles. The van der Waals surface area contributed by atoms with Crippen molar-refractivity contribution in [1.82, 2.24) is 0 Å². The van der Waals surface area contributed by atoms with Crippen molar-refractivity contribution < 1.29 is 4.74 Å². The summed E-state index contributed by atoms with van der Waals surface area (Å²) in [5, 5.41) is 1.10. The second kappa shape index (κ2) is 8.31. The molecule has 0 aromatic heterocycles. The molecule has 0 spiro atoms. The van der Waals surface area contributed by atoms with Gasteiger partial charge < -0.3 is 4.74 Å². The van der Waals surface area contributed by atoms with Crippen LogP contribution in [0.25, 0.3) is 0 Å². The average molecular weight is 336 g/mol. The van der Waals surface area contributed by atoms with E-state index in [1.54, 1.807) is 0 Å². The summed E-state index contributed by atoms with van der Waals surface area (Å²) in [5.74, 6) is 0. The number of alkyl halides is 1. The van der Waals surface area contributed by atoms with Gasteiger partial charge in [0.05, 0.1) is 6.61 Å². The van der Waals surface area contributed by atoms with E-state index in [-0.39, 0.29) is 0 Å². The smallest absolute Gasteiger partial charge is 0.0716 e. The monoisotopic (exact) mass is 334 g/mol. The first-order chi connectivity index (χ1) is 7.33. The maximum absolute atomic E-state index is 5.58. The molecule has 0 bridgehead atoms. The lowest BCUT2D eigenvalue weighted by atomic mass is 10.2. The molecule has 3 heteroatoms. The molecule has 0 amide bonds. The zero-order valence-electron chi connectivity index (χ0n) is 8.72. The van der Waals surface area contributed by atoms with Gasteiger partial charge in [-0.15, -0.1) is 0 Å². The number of hydrogen-bond donors (Lipinski definition) is 0. The molecule has 1 nitrogen and oxygen atoms in total. The topological polar surface area (TPSA) is 9.23 Å². The summed E-state index contributed by atoms with van der Waals surface area (Å²) in [4.78, 5) is 0. The normalized spacial score (nSPS) is 10.5. The Labute approximate surface area is 108 Å². The maximum atomic E-state index is 5.58. The average Bonchev–Trinajstić information content (AvgIpc) is 2.26. The first-order valence-corrected chi connectivity index (χ1v) is 7.12. The highest BCUT2D eigenvalue weighted by Gasteiger charge is 1.93. The summed E-state index contributed by atoms with van der Waals surface area (Å²) in [7, 11) is 0. The number of benzene rings is 1. The van der Waals surface area contributed by atoms with Gasteiger partial charge in [0, 0.05) is 16.4 Å². The fourth-order valence-electron chi connectivity index (χ4n) is 1.25. The minimum Gasteiger partial charge on any atom is -0.377 e. The lowest BCUT2D eigenvalue weighted by Crippen LogP contribution is -1.95. The molecule has 1 aromatic carbocycles. The van der Waals surface area contributed by atoms with Crippen LogP contribution < -0.4 is 0 Å². The van der Waals surface area contributed by atoms with Crippen LogP contribution in [-0.4, -0.2) is 11.9 Å². The molecule has 0 aliphatic carbocycles. The van der Waals surface area contributed by atoms with Gasteiger partial charge in [-0.3, -0.25) is 0 Å². The lowest BCUT2D eigenvalue weighted by molar-refractivity contribution is 0.117. The third kappa shape index (κ3) is 6.33. The first kappa shape index (κ1) is 13.2. The van der Waals surface area contributed by atoms with Crippen LogP contribution in [0.1, 0.15) is 24.8 Å². The van der Waals surface area contributed by atoms with Crippen molar-refractivity contribution in [1.29, 1.82) is 0 Å². The van der Waals surface area contributed by atoms with Crippen molar-refractivity contribution in [2.24, 2.45) is 0 Å². The number of rotatable bonds is 7. The Morgan fingerprint density at radius 2 is 1.73 bits per heavy atom. The minimum atomic E-state index is 0.724. The third-order valence-corrected chi connectivity index (χ3v) is 3.19. The van der Waals surface area contributed by atoms with Gasteiger partial charge in [-0.1, -0.05) is 50.4 Å². The largest absolute Gasteiger partial charge is 0.377 e. The predicted molar refractivity (Wildman–Crippen MR) is 71.4 cm³/mol. The highest BCUT2D eigenvalue weighted by atomic mass is 79.9. The van der Waals surface area contributed by atoms with Gasteiger partial charge in [0.2, 0.25) is 0 Å². The van der Waals surface area contributed by atoms with Gasteiger partial charge in [-0.05, 0) is 30.5 Å². The molecular weight excluding hydrogens is 320 g/mol. The van der Waals surface area contributed by atoms with Crippen molar-refractivity contribution in [2.75, 3.05) is 11.9 Å². The zero-order valence-corrected chi connectivity index (χ0v) is 11.9. The van der Waals surface area contributed by atoms with E-state index in [1.165, 1.54) is 18.4 Å². The molecular formula is C12H16Br2O. The van der Waals surface area contributed by atoms with Crippen molar-refractivity contribution in [3.63, 3.8) is 0 Å². The van der Waals surface area contributed by atoms with Crippen molar-refractivity contribution in [2.45, 2.75) is 25.9 Å². The Kier molecular flexibility index (Phi) is 7.32. The van der Waals surface area contributed by atoms with Crippen molar-refractivity contribution >= 4 is 31.9 Å². The highest BCUT2D eigenvalue weighted by Crippen LogP contribution is 2.11. The molecule has 0 saturated carbocycles. The summed E-state index contributed by atoms with van der Waals surface area (Å²) >= 11 is 6.83. The quantitative estimate of drug-likeness (QED) is 0.525. The Bertz CT molecular complexity index is 259. The van der Waals surface area contributed by atoms with Gasteiger partial charge in [0.15, 0.2) is 0 Å². The van der Waals surface area contributed by atoms with E-state index in [9.17, 15) is 0 Å². The van der Waals surface area contributed by atoms with Crippen LogP contribution >= 0.6 is 31.9 Å². The van der Waals surface area contributed by atoms with Crippen molar-refractivity contribution in [3.8, 4) is 0 Å². The highest BCUT2D eigenvalue weighted by molar-refractivity contribution is 9.10. The van der Waals surface area contributed by atoms with Crippen LogP contribution in [0, 0.1) is 0 Å². The fourth-order valence-corrected chi connectivity index (χ4v) is 1.91. The molecule has 1 aromatic rings. The molecule has 0 aliphatic heterocycles. The number of ether oxygens (including phenoxy) is 1. The Balaban J connectivity index is 2.07. The summed E-state index contributed by atoms with van der Waals surface area (Å²) in [6.07, 6.45) is 3.63. The summed E-state index contributed by atoms with van der Waals surface area (Å²) in [6, 6.07) is 8.26. The SMILES string of the molecule is BrCCCCCOCc1ccc(Br)cc1. The molecule has 0 fully saturated rings. The number of hydrogen-bond acceptors (Lipinski definition) is 1. The zero-order chi connectivity index (χ0) is 10.9. The Morgan fingerprint density at radius 3 is 2.40 bits per heavy atom. The van der Waals surface area contributed by atoms with Crippen LogP contribution in [0.15, 0.2) is 28.7 Å². The van der Waals surface area contributed by atoms with Gasteiger partial charge in [0.1, 0.15) is 0 Å². The number of unbranched alkanes of at least 4 members (excludes halogenated alkanes) is 2. The van der Waals surface area contributed by atoms with Gasteiger partial charge in [0.25, 0.3) is 0 Å². The van der Waals surface area contributed by atoms with E-state index in [4.69, 9.17) is 4.74 Å². The van der Waals surface area contributed by atoms with E-state index >= 15 is 0 Å². The summed E-state index contributed by atoms with van der Waals surface area (Å²) in [6.45, 7) is 1.59. The Hall–Kier alpha value is 0.140. The third-order valence-electron chi connectivity index (χ3n) is 2.10. The van der Waals surface area contributed by atoms with E-state index in [1.807, 2.05) is 12.1 Å². The van der Waals surface area contributed by atoms with E-state index in [0.717, 1.165) is 29.4 Å². The molecule has 0 heterocycles. The van der Waals surface area contributed by atoms with Crippen LogP contribution in [0.4, 0.5) is 0 Å². The molecule has 1 rings (SSSR count). The molecule has 0 atom stereocenters. The fraction of sp³-hybridized carbons (Fsp3) is 0.500. The van der Waals surface area contributed by atoms with Crippen LogP contribution in [-0.2, 0) is 11.3 Å². The van der Waals surface area contributed by atoms with E-state index in [0.29, 0.717) is 0 Å². The van der Waals surface area contributed by atoms with Crippen molar-refractivity contribution in [3.05, 3.63) is 34.3 Å².